The molecule has 0 fully saturated rings. The highest BCUT2D eigenvalue weighted by atomic mass is 15.1. The first kappa shape index (κ1) is 19.7. The third-order valence-corrected chi connectivity index (χ3v) is 3.95. The number of aryl methyl sites for hydroxylation is 1. The van der Waals surface area contributed by atoms with Gasteiger partial charge in [0.25, 0.3) is 0 Å². The van der Waals surface area contributed by atoms with E-state index in [9.17, 15) is 0 Å². The Hall–Kier alpha value is -1.37. The zero-order chi connectivity index (χ0) is 17.1. The molecule has 0 atom stereocenters. The van der Waals surface area contributed by atoms with Crippen molar-refractivity contribution in [3.63, 3.8) is 0 Å². The summed E-state index contributed by atoms with van der Waals surface area (Å²) >= 11 is 0. The summed E-state index contributed by atoms with van der Waals surface area (Å²) in [5.74, 6) is 3.43. The Morgan fingerprint density at radius 1 is 0.957 bits per heavy atom. The molecule has 1 rings (SSSR count). The molecule has 0 N–H and O–H groups in total. The van der Waals surface area contributed by atoms with Crippen molar-refractivity contribution in [3.8, 4) is 0 Å². The summed E-state index contributed by atoms with van der Waals surface area (Å²) in [6.45, 7) is 3.18. The highest BCUT2D eigenvalue weighted by Gasteiger charge is 2.06. The van der Waals surface area contributed by atoms with Gasteiger partial charge in [-0.3, -0.25) is 0 Å². The zero-order valence-corrected chi connectivity index (χ0v) is 15.9. The van der Waals surface area contributed by atoms with Crippen LogP contribution in [0.2, 0.25) is 0 Å². The van der Waals surface area contributed by atoms with Crippen LogP contribution in [0.25, 0.3) is 5.57 Å². The van der Waals surface area contributed by atoms with Crippen molar-refractivity contribution < 1.29 is 4.58 Å². The molecule has 0 aromatic heterocycles. The molecule has 0 unspecified atom stereocenters. The molecule has 2 heteroatoms. The van der Waals surface area contributed by atoms with Gasteiger partial charge in [-0.25, -0.2) is 0 Å². The van der Waals surface area contributed by atoms with E-state index in [4.69, 9.17) is 0 Å². The van der Waals surface area contributed by atoms with Gasteiger partial charge in [-0.05, 0) is 38.1 Å². The Labute approximate surface area is 143 Å². The maximum absolute atomic E-state index is 3.43. The monoisotopic (exact) mass is 315 g/mol. The number of benzene rings is 1. The van der Waals surface area contributed by atoms with E-state index in [1.54, 1.807) is 0 Å². The van der Waals surface area contributed by atoms with Crippen LogP contribution in [0.3, 0.4) is 0 Å². The highest BCUT2D eigenvalue weighted by Crippen LogP contribution is 2.16. The van der Waals surface area contributed by atoms with Crippen molar-refractivity contribution in [1.82, 2.24) is 4.90 Å². The second-order valence-electron chi connectivity index (χ2n) is 6.94. The van der Waals surface area contributed by atoms with E-state index in [0.717, 1.165) is 6.54 Å². The topological polar surface area (TPSA) is 6.25 Å². The first-order chi connectivity index (χ1) is 11.0. The molecule has 0 saturated heterocycles. The first-order valence-corrected chi connectivity index (χ1v) is 9.06. The lowest BCUT2D eigenvalue weighted by Crippen LogP contribution is -2.15. The number of rotatable bonds is 10. The van der Waals surface area contributed by atoms with Crippen LogP contribution in [0.5, 0.6) is 0 Å². The van der Waals surface area contributed by atoms with E-state index in [1.807, 2.05) is 18.7 Å². The van der Waals surface area contributed by atoms with E-state index in [0.29, 0.717) is 0 Å². The molecule has 23 heavy (non-hydrogen) atoms. The zero-order valence-electron chi connectivity index (χ0n) is 15.9. The lowest BCUT2D eigenvalue weighted by atomic mass is 10.0. The summed E-state index contributed by atoms with van der Waals surface area (Å²) < 4.78 is 2.00. The summed E-state index contributed by atoms with van der Waals surface area (Å²) in [6.07, 6.45) is 9.38. The minimum atomic E-state index is 0.912. The molecule has 2 nitrogen and oxygen atoms in total. The lowest BCUT2D eigenvalue weighted by Gasteiger charge is -2.11. The molecule has 0 aliphatic carbocycles. The third kappa shape index (κ3) is 8.74. The van der Waals surface area contributed by atoms with Gasteiger partial charge in [0.15, 0.2) is 5.87 Å². The molecular formula is C21H35N2+. The van der Waals surface area contributed by atoms with Crippen LogP contribution in [0.1, 0.15) is 56.6 Å². The number of hydrogen-bond donors (Lipinski definition) is 0. The van der Waals surface area contributed by atoms with Crippen molar-refractivity contribution >= 4 is 11.4 Å². The van der Waals surface area contributed by atoms with Gasteiger partial charge in [0.2, 0.25) is 0 Å². The summed E-state index contributed by atoms with van der Waals surface area (Å²) in [5.41, 5.74) is 3.98. The van der Waals surface area contributed by atoms with Crippen molar-refractivity contribution in [1.29, 1.82) is 0 Å². The molecule has 1 aromatic rings. The minimum absolute atomic E-state index is 0.912. The molecular weight excluding hydrogens is 280 g/mol. The predicted octanol–water partition coefficient (Wildman–Crippen LogP) is 4.48. The van der Waals surface area contributed by atoms with Crippen molar-refractivity contribution in [2.24, 2.45) is 0 Å². The van der Waals surface area contributed by atoms with Crippen LogP contribution >= 0.6 is 0 Å². The van der Waals surface area contributed by atoms with E-state index in [1.165, 1.54) is 61.6 Å². The maximum Gasteiger partial charge on any atom is 0.172 e. The van der Waals surface area contributed by atoms with Crippen molar-refractivity contribution in [2.75, 3.05) is 34.7 Å². The molecule has 0 amide bonds. The molecule has 128 valence electrons. The van der Waals surface area contributed by atoms with Gasteiger partial charge >= 0.3 is 0 Å². The Balaban J connectivity index is 2.59. The fraction of sp³-hybridized carbons (Fsp3) is 0.619. The smallest absolute Gasteiger partial charge is 0.172 e. The second-order valence-corrected chi connectivity index (χ2v) is 6.94. The lowest BCUT2D eigenvalue weighted by molar-refractivity contribution is -0.456. The predicted molar refractivity (Wildman–Crippen MR) is 103 cm³/mol. The fourth-order valence-corrected chi connectivity index (χ4v) is 2.76. The Kier molecular flexibility index (Phi) is 9.59. The van der Waals surface area contributed by atoms with Crippen LogP contribution in [0.15, 0.2) is 24.3 Å². The van der Waals surface area contributed by atoms with Crippen LogP contribution in [-0.2, 0) is 6.42 Å². The van der Waals surface area contributed by atoms with Crippen molar-refractivity contribution in [2.45, 2.75) is 51.9 Å². The van der Waals surface area contributed by atoms with Gasteiger partial charge in [-0.2, -0.15) is 4.58 Å². The van der Waals surface area contributed by atoms with Gasteiger partial charge in [0, 0.05) is 6.54 Å². The Morgan fingerprint density at radius 2 is 1.57 bits per heavy atom. The van der Waals surface area contributed by atoms with Crippen molar-refractivity contribution in [3.05, 3.63) is 35.4 Å². The Bertz CT molecular complexity index is 501. The standard InChI is InChI=1S/C21H35N2/c1-6-7-8-9-10-11-12-19-13-15-20(16-14-19)21(17-22(2)3)18-23(4)5/h13-16H,6-12,17H2,1-5H3/q+1. The number of likely N-dealkylation sites (N-methyl/N-ethyl adjacent to an activating group) is 1. The summed E-state index contributed by atoms with van der Waals surface area (Å²) in [5, 5.41) is 0. The average molecular weight is 316 g/mol. The molecule has 1 aromatic carbocycles. The third-order valence-electron chi connectivity index (χ3n) is 3.95. The number of unbranched alkanes of at least 4 members (excludes halogenated alkanes) is 5. The number of nitrogens with zero attached hydrogens (tertiary/aromatic N) is 2. The molecule has 0 bridgehead atoms. The molecule has 0 aliphatic rings. The summed E-state index contributed by atoms with van der Waals surface area (Å²) in [4.78, 5) is 2.19. The molecule has 0 radical (unpaired) electrons. The maximum atomic E-state index is 3.43. The van der Waals surface area contributed by atoms with E-state index >= 15 is 0 Å². The average Bonchev–Trinajstić information content (AvgIpc) is 2.50. The van der Waals surface area contributed by atoms with E-state index in [-0.39, 0.29) is 0 Å². The van der Waals surface area contributed by atoms with Crippen LogP contribution in [0.4, 0.5) is 0 Å². The van der Waals surface area contributed by atoms with E-state index < -0.39 is 0 Å². The van der Waals surface area contributed by atoms with Gasteiger partial charge in [0.1, 0.15) is 14.1 Å². The van der Waals surface area contributed by atoms with Gasteiger partial charge in [-0.15, -0.1) is 0 Å². The SMILES string of the molecule is CCCCCCCCc1ccc(C(=C=[N+](C)C)CN(C)C)cc1. The van der Waals surface area contributed by atoms with Crippen LogP contribution in [0, 0.1) is 0 Å². The number of hydrogen-bond acceptors (Lipinski definition) is 1. The minimum Gasteiger partial charge on any atom is -0.304 e. The molecule has 0 spiro atoms. The van der Waals surface area contributed by atoms with Gasteiger partial charge in [0.05, 0.1) is 5.57 Å². The highest BCUT2D eigenvalue weighted by molar-refractivity contribution is 5.88. The summed E-state index contributed by atoms with van der Waals surface area (Å²) in [6, 6.07) is 9.08. The first-order valence-electron chi connectivity index (χ1n) is 9.06. The molecule has 0 aliphatic heterocycles. The van der Waals surface area contributed by atoms with Gasteiger partial charge in [-0.1, -0.05) is 63.3 Å². The largest absolute Gasteiger partial charge is 0.304 e. The fourth-order valence-electron chi connectivity index (χ4n) is 2.76. The van der Waals surface area contributed by atoms with Gasteiger partial charge < -0.3 is 4.90 Å². The molecule has 0 heterocycles. The molecule has 0 saturated carbocycles. The van der Waals surface area contributed by atoms with Crippen LogP contribution in [-0.4, -0.2) is 50.1 Å². The second kappa shape index (κ2) is 11.2. The Morgan fingerprint density at radius 3 is 2.13 bits per heavy atom. The summed E-state index contributed by atoms with van der Waals surface area (Å²) in [7, 11) is 8.26. The quantitative estimate of drug-likeness (QED) is 0.350. The van der Waals surface area contributed by atoms with E-state index in [2.05, 4.69) is 56.1 Å². The normalized spacial score (nSPS) is 10.7. The van der Waals surface area contributed by atoms with Crippen LogP contribution < -0.4 is 0 Å².